The van der Waals surface area contributed by atoms with Crippen molar-refractivity contribution in [3.05, 3.63) is 48.5 Å². The Morgan fingerprint density at radius 2 is 2.00 bits per heavy atom. The zero-order chi connectivity index (χ0) is 17.9. The molecule has 2 bridgehead atoms. The van der Waals surface area contributed by atoms with Gasteiger partial charge in [0.25, 0.3) is 0 Å². The van der Waals surface area contributed by atoms with Gasteiger partial charge in [-0.25, -0.2) is 4.98 Å². The number of hydrogen-bond donors (Lipinski definition) is 0. The average molecular weight is 353 g/mol. The topological polar surface area (TPSA) is 71.3 Å². The molecule has 2 atom stereocenters. The first-order chi connectivity index (χ1) is 12.7. The molecule has 1 aromatic heterocycles. The summed E-state index contributed by atoms with van der Waals surface area (Å²) in [5.41, 5.74) is 1.14. The third kappa shape index (κ3) is 3.47. The van der Waals surface area contributed by atoms with Gasteiger partial charge in [0.2, 0.25) is 11.8 Å². The lowest BCUT2D eigenvalue weighted by Crippen LogP contribution is -2.47. The second kappa shape index (κ2) is 7.27. The molecule has 7 heteroatoms. The van der Waals surface area contributed by atoms with Gasteiger partial charge in [0.15, 0.2) is 0 Å². The van der Waals surface area contributed by atoms with Crippen LogP contribution in [0.4, 0.5) is 0 Å². The Hall–Kier alpha value is -2.70. The van der Waals surface area contributed by atoms with Crippen LogP contribution in [0.1, 0.15) is 24.8 Å². The van der Waals surface area contributed by atoms with Crippen LogP contribution in [-0.4, -0.2) is 55.5 Å². The van der Waals surface area contributed by atoms with Crippen LogP contribution in [0.25, 0.3) is 0 Å². The fourth-order valence-corrected chi connectivity index (χ4v) is 3.95. The monoisotopic (exact) mass is 353 g/mol. The molecule has 7 nitrogen and oxygen atoms in total. The summed E-state index contributed by atoms with van der Waals surface area (Å²) in [6, 6.07) is 10.2. The van der Waals surface area contributed by atoms with E-state index >= 15 is 0 Å². The third-order valence-electron chi connectivity index (χ3n) is 5.36. The van der Waals surface area contributed by atoms with Crippen molar-refractivity contribution in [1.82, 2.24) is 24.6 Å². The minimum Gasteiger partial charge on any atom is -0.340 e. The van der Waals surface area contributed by atoms with E-state index in [0.29, 0.717) is 32.6 Å². The molecule has 0 radical (unpaired) electrons. The Morgan fingerprint density at radius 1 is 1.15 bits per heavy atom. The van der Waals surface area contributed by atoms with Gasteiger partial charge in [-0.2, -0.15) is 5.10 Å². The summed E-state index contributed by atoms with van der Waals surface area (Å²) in [4.78, 5) is 33.3. The van der Waals surface area contributed by atoms with Crippen molar-refractivity contribution in [1.29, 1.82) is 0 Å². The molecule has 2 unspecified atom stereocenters. The summed E-state index contributed by atoms with van der Waals surface area (Å²) < 4.78 is 1.66. The molecule has 2 amide bonds. The lowest BCUT2D eigenvalue weighted by Gasteiger charge is -2.36. The van der Waals surface area contributed by atoms with Crippen molar-refractivity contribution in [2.75, 3.05) is 13.1 Å². The molecule has 3 fully saturated rings. The van der Waals surface area contributed by atoms with Crippen LogP contribution in [0.15, 0.2) is 43.0 Å². The minimum atomic E-state index is -0.0761. The highest BCUT2D eigenvalue weighted by atomic mass is 16.2. The predicted octanol–water partition coefficient (Wildman–Crippen LogP) is 1.32. The molecule has 5 rings (SSSR count). The number of aryl methyl sites for hydroxylation is 1. The van der Waals surface area contributed by atoms with E-state index in [0.717, 1.165) is 18.4 Å². The summed E-state index contributed by atoms with van der Waals surface area (Å²) >= 11 is 0. The number of benzene rings is 1. The van der Waals surface area contributed by atoms with Crippen LogP contribution in [0.2, 0.25) is 0 Å². The van der Waals surface area contributed by atoms with E-state index < -0.39 is 0 Å². The van der Waals surface area contributed by atoms with Gasteiger partial charge in [0.05, 0.1) is 12.5 Å². The molecular weight excluding hydrogens is 330 g/mol. The Labute approximate surface area is 152 Å². The number of fused-ring (bicyclic) bond motifs is 4. The fraction of sp³-hybridized carbons (Fsp3) is 0.474. The highest BCUT2D eigenvalue weighted by Gasteiger charge is 2.41. The van der Waals surface area contributed by atoms with Crippen LogP contribution < -0.4 is 0 Å². The van der Waals surface area contributed by atoms with Gasteiger partial charge >= 0.3 is 0 Å². The van der Waals surface area contributed by atoms with Gasteiger partial charge in [-0.3, -0.25) is 14.3 Å². The highest BCUT2D eigenvalue weighted by molar-refractivity contribution is 5.83. The largest absolute Gasteiger partial charge is 0.340 e. The Kier molecular flexibility index (Phi) is 4.69. The number of carbonyl (C=O) groups excluding carboxylic acids is 2. The van der Waals surface area contributed by atoms with Crippen molar-refractivity contribution in [3.8, 4) is 0 Å². The minimum absolute atomic E-state index is 0.0761. The second-order valence-corrected chi connectivity index (χ2v) is 7.09. The molecule has 1 aromatic carbocycles. The van der Waals surface area contributed by atoms with Crippen LogP contribution in [-0.2, 0) is 22.7 Å². The van der Waals surface area contributed by atoms with Gasteiger partial charge in [-0.05, 0) is 18.4 Å². The van der Waals surface area contributed by atoms with Crippen molar-refractivity contribution in [2.24, 2.45) is 5.92 Å². The van der Waals surface area contributed by atoms with Crippen molar-refractivity contribution >= 4 is 11.8 Å². The quantitative estimate of drug-likeness (QED) is 0.813. The second-order valence-electron chi connectivity index (χ2n) is 7.09. The van der Waals surface area contributed by atoms with E-state index in [1.54, 1.807) is 11.0 Å². The first-order valence-electron chi connectivity index (χ1n) is 9.15. The van der Waals surface area contributed by atoms with E-state index in [1.807, 2.05) is 40.1 Å². The highest BCUT2D eigenvalue weighted by Crippen LogP contribution is 2.30. The Balaban J connectivity index is 1.43. The fourth-order valence-electron chi connectivity index (χ4n) is 3.95. The van der Waals surface area contributed by atoms with Crippen LogP contribution in [0, 0.1) is 5.92 Å². The van der Waals surface area contributed by atoms with E-state index in [-0.39, 0.29) is 23.8 Å². The molecule has 0 spiro atoms. The summed E-state index contributed by atoms with van der Waals surface area (Å²) in [6.07, 6.45) is 5.31. The van der Waals surface area contributed by atoms with Gasteiger partial charge in [0, 0.05) is 32.1 Å². The number of nitrogens with zero attached hydrogens (tertiary/aromatic N) is 5. The number of carbonyl (C=O) groups is 2. The van der Waals surface area contributed by atoms with E-state index in [4.69, 9.17) is 0 Å². The average Bonchev–Trinajstić information content (AvgIpc) is 3.04. The summed E-state index contributed by atoms with van der Waals surface area (Å²) in [7, 11) is 0. The number of hydrogen-bond acceptors (Lipinski definition) is 4. The van der Waals surface area contributed by atoms with Gasteiger partial charge in [0.1, 0.15) is 12.7 Å². The molecule has 26 heavy (non-hydrogen) atoms. The van der Waals surface area contributed by atoms with Gasteiger partial charge < -0.3 is 9.80 Å². The van der Waals surface area contributed by atoms with E-state index in [9.17, 15) is 9.59 Å². The number of amides is 2. The maximum atomic E-state index is 12.9. The SMILES string of the molecule is O=C(CCn1cncn1)N1CC2CCC(C1)N(Cc1ccccc1)C2=O. The third-order valence-corrected chi connectivity index (χ3v) is 5.36. The maximum Gasteiger partial charge on any atom is 0.228 e. The normalized spacial score (nSPS) is 22.5. The smallest absolute Gasteiger partial charge is 0.228 e. The molecule has 3 aliphatic rings. The predicted molar refractivity (Wildman–Crippen MR) is 94.7 cm³/mol. The van der Waals surface area contributed by atoms with Crippen LogP contribution in [0.3, 0.4) is 0 Å². The molecule has 4 heterocycles. The first-order valence-corrected chi connectivity index (χ1v) is 9.15. The number of aromatic nitrogens is 3. The van der Waals surface area contributed by atoms with Crippen LogP contribution >= 0.6 is 0 Å². The molecule has 0 N–H and O–H groups in total. The van der Waals surface area contributed by atoms with Crippen molar-refractivity contribution in [3.63, 3.8) is 0 Å². The van der Waals surface area contributed by atoms with E-state index in [2.05, 4.69) is 10.1 Å². The standard InChI is InChI=1S/C19H23N5O2/c25-18(8-9-23-14-20-13-21-23)22-11-16-6-7-17(12-22)24(19(16)26)10-15-4-2-1-3-5-15/h1-5,13-14,16-17H,6-12H2. The summed E-state index contributed by atoms with van der Waals surface area (Å²) in [5.74, 6) is 0.205. The Morgan fingerprint density at radius 3 is 2.77 bits per heavy atom. The number of rotatable bonds is 5. The molecule has 3 saturated heterocycles. The van der Waals surface area contributed by atoms with Gasteiger partial charge in [-0.15, -0.1) is 0 Å². The number of piperidine rings is 1. The van der Waals surface area contributed by atoms with Crippen LogP contribution in [0.5, 0.6) is 0 Å². The molecule has 0 aliphatic carbocycles. The molecule has 136 valence electrons. The zero-order valence-corrected chi connectivity index (χ0v) is 14.7. The molecular formula is C19H23N5O2. The molecule has 2 aromatic rings. The first kappa shape index (κ1) is 16.8. The summed E-state index contributed by atoms with van der Waals surface area (Å²) in [6.45, 7) is 2.32. The van der Waals surface area contributed by atoms with Gasteiger partial charge in [-0.1, -0.05) is 30.3 Å². The lowest BCUT2D eigenvalue weighted by atomic mass is 9.93. The molecule has 3 aliphatic heterocycles. The van der Waals surface area contributed by atoms with Crippen molar-refractivity contribution in [2.45, 2.75) is 38.4 Å². The van der Waals surface area contributed by atoms with E-state index in [1.165, 1.54) is 6.33 Å². The Bertz CT molecular complexity index is 762. The zero-order valence-electron chi connectivity index (χ0n) is 14.7. The summed E-state index contributed by atoms with van der Waals surface area (Å²) in [5, 5.41) is 4.04. The van der Waals surface area contributed by atoms with Crippen molar-refractivity contribution < 1.29 is 9.59 Å². The maximum absolute atomic E-state index is 12.9. The lowest BCUT2D eigenvalue weighted by molar-refractivity contribution is -0.140. The molecule has 0 saturated carbocycles.